The molecule has 1 aliphatic rings. The van der Waals surface area contributed by atoms with Crippen molar-refractivity contribution >= 4 is 17.8 Å². The van der Waals surface area contributed by atoms with E-state index in [2.05, 4.69) is 5.32 Å². The van der Waals surface area contributed by atoms with Crippen LogP contribution in [0.1, 0.15) is 53.2 Å². The van der Waals surface area contributed by atoms with Gasteiger partial charge in [-0.05, 0) is 49.1 Å². The molecule has 6 heteroatoms. The van der Waals surface area contributed by atoms with Crippen molar-refractivity contribution in [3.63, 3.8) is 0 Å². The molecule has 0 bridgehead atoms. The number of amides is 2. The maximum atomic E-state index is 13.2. The zero-order valence-electron chi connectivity index (χ0n) is 21.3. The van der Waals surface area contributed by atoms with Crippen LogP contribution in [0.5, 0.6) is 0 Å². The highest BCUT2D eigenvalue weighted by Crippen LogP contribution is 2.37. The van der Waals surface area contributed by atoms with Gasteiger partial charge < -0.3 is 15.0 Å². The SMILES string of the molecule is CCOC(=O)C1=C(C)N(Cc2ccc(C(=O)NCCc3ccccc3)cc2)C(=O)CC1c1ccccc1. The fourth-order valence-electron chi connectivity index (χ4n) is 4.66. The molecule has 3 aromatic rings. The molecular formula is C31H32N2O4. The molecule has 0 radical (unpaired) electrons. The second kappa shape index (κ2) is 12.2. The Kier molecular flexibility index (Phi) is 8.52. The molecule has 0 fully saturated rings. The van der Waals surface area contributed by atoms with Crippen LogP contribution in [0.15, 0.2) is 96.2 Å². The van der Waals surface area contributed by atoms with Gasteiger partial charge in [-0.15, -0.1) is 0 Å². The predicted molar refractivity (Wildman–Crippen MR) is 143 cm³/mol. The summed E-state index contributed by atoms with van der Waals surface area (Å²) in [5, 5.41) is 2.95. The third-order valence-electron chi connectivity index (χ3n) is 6.62. The lowest BCUT2D eigenvalue weighted by Gasteiger charge is -2.34. The molecule has 2 amide bonds. The number of ether oxygens (including phenoxy) is 1. The van der Waals surface area contributed by atoms with E-state index < -0.39 is 5.97 Å². The van der Waals surface area contributed by atoms with Crippen LogP contribution in [-0.2, 0) is 27.3 Å². The second-order valence-corrected chi connectivity index (χ2v) is 9.06. The first kappa shape index (κ1) is 25.9. The van der Waals surface area contributed by atoms with Gasteiger partial charge in [0.25, 0.3) is 5.91 Å². The molecular weight excluding hydrogens is 464 g/mol. The molecule has 1 atom stereocenters. The average molecular weight is 497 g/mol. The van der Waals surface area contributed by atoms with Crippen molar-refractivity contribution < 1.29 is 19.1 Å². The number of benzene rings is 3. The lowest BCUT2D eigenvalue weighted by atomic mass is 9.83. The van der Waals surface area contributed by atoms with E-state index in [4.69, 9.17) is 4.74 Å². The summed E-state index contributed by atoms with van der Waals surface area (Å²) >= 11 is 0. The third-order valence-corrected chi connectivity index (χ3v) is 6.62. The van der Waals surface area contributed by atoms with Crippen LogP contribution >= 0.6 is 0 Å². The molecule has 3 aromatic carbocycles. The van der Waals surface area contributed by atoms with Crippen molar-refractivity contribution in [3.8, 4) is 0 Å². The zero-order chi connectivity index (χ0) is 26.2. The Bertz CT molecular complexity index is 1270. The smallest absolute Gasteiger partial charge is 0.336 e. The van der Waals surface area contributed by atoms with E-state index >= 15 is 0 Å². The molecule has 37 heavy (non-hydrogen) atoms. The molecule has 1 heterocycles. The summed E-state index contributed by atoms with van der Waals surface area (Å²) in [7, 11) is 0. The van der Waals surface area contributed by atoms with Crippen molar-refractivity contribution in [1.82, 2.24) is 10.2 Å². The monoisotopic (exact) mass is 496 g/mol. The molecule has 6 nitrogen and oxygen atoms in total. The lowest BCUT2D eigenvalue weighted by molar-refractivity contribution is -0.140. The van der Waals surface area contributed by atoms with E-state index in [1.807, 2.05) is 72.8 Å². The van der Waals surface area contributed by atoms with E-state index in [9.17, 15) is 14.4 Å². The minimum atomic E-state index is -0.395. The Hall–Kier alpha value is -4.19. The van der Waals surface area contributed by atoms with Crippen LogP contribution in [0.2, 0.25) is 0 Å². The van der Waals surface area contributed by atoms with Crippen LogP contribution < -0.4 is 5.32 Å². The van der Waals surface area contributed by atoms with E-state index in [1.54, 1.807) is 30.9 Å². The van der Waals surface area contributed by atoms with E-state index in [-0.39, 0.29) is 30.8 Å². The first-order valence-electron chi connectivity index (χ1n) is 12.6. The molecule has 0 saturated heterocycles. The summed E-state index contributed by atoms with van der Waals surface area (Å²) in [5.41, 5.74) is 4.64. The maximum absolute atomic E-state index is 13.2. The molecule has 1 aliphatic heterocycles. The van der Waals surface area contributed by atoms with Crippen molar-refractivity contribution in [1.29, 1.82) is 0 Å². The number of hydrogen-bond acceptors (Lipinski definition) is 4. The number of carbonyl (C=O) groups excluding carboxylic acids is 3. The number of nitrogens with one attached hydrogen (secondary N) is 1. The van der Waals surface area contributed by atoms with Gasteiger partial charge in [-0.1, -0.05) is 72.8 Å². The average Bonchev–Trinajstić information content (AvgIpc) is 2.92. The molecule has 0 aromatic heterocycles. The number of rotatable bonds is 9. The summed E-state index contributed by atoms with van der Waals surface area (Å²) < 4.78 is 5.36. The number of carbonyl (C=O) groups is 3. The van der Waals surface area contributed by atoms with Crippen LogP contribution in [0, 0.1) is 0 Å². The number of nitrogens with zero attached hydrogens (tertiary/aromatic N) is 1. The Labute approximate surface area is 218 Å². The molecule has 1 unspecified atom stereocenters. The van der Waals surface area contributed by atoms with Gasteiger partial charge in [0.1, 0.15) is 0 Å². The quantitative estimate of drug-likeness (QED) is 0.423. The largest absolute Gasteiger partial charge is 0.463 e. The normalized spacial score (nSPS) is 15.5. The van der Waals surface area contributed by atoms with Gasteiger partial charge in [0, 0.05) is 30.1 Å². The molecule has 1 N–H and O–H groups in total. The molecule has 190 valence electrons. The maximum Gasteiger partial charge on any atom is 0.336 e. The van der Waals surface area contributed by atoms with Gasteiger partial charge in [-0.2, -0.15) is 0 Å². The Morgan fingerprint density at radius 1 is 0.919 bits per heavy atom. The number of allylic oxidation sites excluding steroid dienone is 1. The fourth-order valence-corrected chi connectivity index (χ4v) is 4.66. The van der Waals surface area contributed by atoms with Gasteiger partial charge >= 0.3 is 5.97 Å². The van der Waals surface area contributed by atoms with Gasteiger partial charge in [-0.25, -0.2) is 4.79 Å². The zero-order valence-corrected chi connectivity index (χ0v) is 21.3. The van der Waals surface area contributed by atoms with Crippen LogP contribution in [0.4, 0.5) is 0 Å². The summed E-state index contributed by atoms with van der Waals surface area (Å²) in [4.78, 5) is 40.3. The fraction of sp³-hybridized carbons (Fsp3) is 0.258. The van der Waals surface area contributed by atoms with Gasteiger partial charge in [0.2, 0.25) is 5.91 Å². The predicted octanol–water partition coefficient (Wildman–Crippen LogP) is 5.01. The Balaban J connectivity index is 1.46. The van der Waals surface area contributed by atoms with Crippen molar-refractivity contribution in [2.24, 2.45) is 0 Å². The Morgan fingerprint density at radius 3 is 2.22 bits per heavy atom. The summed E-state index contributed by atoms with van der Waals surface area (Å²) in [6.07, 6.45) is 0.956. The van der Waals surface area contributed by atoms with E-state index in [0.29, 0.717) is 29.9 Å². The second-order valence-electron chi connectivity index (χ2n) is 9.06. The Morgan fingerprint density at radius 2 is 1.57 bits per heavy atom. The number of esters is 1. The highest BCUT2D eigenvalue weighted by molar-refractivity contribution is 5.96. The highest BCUT2D eigenvalue weighted by atomic mass is 16.5. The lowest BCUT2D eigenvalue weighted by Crippen LogP contribution is -2.38. The summed E-state index contributed by atoms with van der Waals surface area (Å²) in [6, 6.07) is 26.8. The topological polar surface area (TPSA) is 75.7 Å². The standard InChI is InChI=1S/C31H32N2O4/c1-3-37-31(36)29-22(2)33(28(34)20-27(29)25-12-8-5-9-13-25)21-24-14-16-26(17-15-24)30(35)32-19-18-23-10-6-4-7-11-23/h4-17,27H,3,18-21H2,1-2H3,(H,32,35). The first-order chi connectivity index (χ1) is 18.0. The molecule has 0 spiro atoms. The van der Waals surface area contributed by atoms with Crippen molar-refractivity contribution in [3.05, 3.63) is 118 Å². The molecule has 4 rings (SSSR count). The van der Waals surface area contributed by atoms with Crippen LogP contribution in [0.25, 0.3) is 0 Å². The minimum absolute atomic E-state index is 0.0536. The summed E-state index contributed by atoms with van der Waals surface area (Å²) in [5.74, 6) is -0.926. The third kappa shape index (κ3) is 6.33. The van der Waals surface area contributed by atoms with Gasteiger partial charge in [-0.3, -0.25) is 9.59 Å². The molecule has 0 saturated carbocycles. The van der Waals surface area contributed by atoms with Crippen LogP contribution in [-0.4, -0.2) is 35.8 Å². The highest BCUT2D eigenvalue weighted by Gasteiger charge is 2.36. The first-order valence-corrected chi connectivity index (χ1v) is 12.6. The molecule has 0 aliphatic carbocycles. The van der Waals surface area contributed by atoms with Gasteiger partial charge in [0.05, 0.1) is 18.7 Å². The van der Waals surface area contributed by atoms with Crippen LogP contribution in [0.3, 0.4) is 0 Å². The van der Waals surface area contributed by atoms with E-state index in [1.165, 1.54) is 5.56 Å². The van der Waals surface area contributed by atoms with Gasteiger partial charge in [0.15, 0.2) is 0 Å². The number of hydrogen-bond donors (Lipinski definition) is 1. The van der Waals surface area contributed by atoms with Crippen molar-refractivity contribution in [2.75, 3.05) is 13.2 Å². The van der Waals surface area contributed by atoms with E-state index in [0.717, 1.165) is 17.5 Å². The summed E-state index contributed by atoms with van der Waals surface area (Å²) in [6.45, 7) is 4.70. The minimum Gasteiger partial charge on any atom is -0.463 e. The van der Waals surface area contributed by atoms with Crippen molar-refractivity contribution in [2.45, 2.75) is 39.2 Å².